The third-order valence-electron chi connectivity index (χ3n) is 3.74. The number of likely N-dealkylation sites (tertiary alicyclic amines) is 1. The molecule has 1 saturated heterocycles. The van der Waals surface area contributed by atoms with Crippen LogP contribution in [0.2, 0.25) is 0 Å². The summed E-state index contributed by atoms with van der Waals surface area (Å²) in [5.74, 6) is 0.390. The largest absolute Gasteiger partial charge is 0.493 e. The number of rotatable bonds is 5. The highest BCUT2D eigenvalue weighted by Crippen LogP contribution is 2.25. The Morgan fingerprint density at radius 3 is 2.56 bits per heavy atom. The van der Waals surface area contributed by atoms with Crippen molar-refractivity contribution in [3.05, 3.63) is 35.9 Å². The quantitative estimate of drug-likeness (QED) is 0.764. The predicted molar refractivity (Wildman–Crippen MR) is 94.7 cm³/mol. The van der Waals surface area contributed by atoms with E-state index in [4.69, 9.17) is 14.2 Å². The van der Waals surface area contributed by atoms with Crippen molar-refractivity contribution in [2.45, 2.75) is 26.4 Å². The number of esters is 1. The molecule has 0 N–H and O–H groups in total. The molecule has 0 radical (unpaired) electrons. The summed E-state index contributed by atoms with van der Waals surface area (Å²) < 4.78 is 15.9. The number of nitrogens with zero attached hydrogens (tertiary/aromatic N) is 1. The number of methoxy groups -OCH3 is 1. The molecule has 6 nitrogen and oxygen atoms in total. The van der Waals surface area contributed by atoms with Crippen molar-refractivity contribution in [2.75, 3.05) is 26.8 Å². The van der Waals surface area contributed by atoms with E-state index in [1.54, 1.807) is 29.2 Å². The van der Waals surface area contributed by atoms with Gasteiger partial charge in [0, 0.05) is 24.6 Å². The van der Waals surface area contributed by atoms with Gasteiger partial charge in [-0.1, -0.05) is 18.7 Å². The smallest absolute Gasteiger partial charge is 0.410 e. The van der Waals surface area contributed by atoms with Crippen molar-refractivity contribution in [1.82, 2.24) is 4.90 Å². The molecule has 6 heteroatoms. The lowest BCUT2D eigenvalue weighted by Crippen LogP contribution is -2.53. The molecule has 2 rings (SSSR count). The Morgan fingerprint density at radius 1 is 1.32 bits per heavy atom. The van der Waals surface area contributed by atoms with Crippen LogP contribution in [0.15, 0.2) is 24.8 Å². The van der Waals surface area contributed by atoms with Crippen molar-refractivity contribution in [2.24, 2.45) is 5.92 Å². The molecule has 1 amide bonds. The molecule has 0 saturated carbocycles. The van der Waals surface area contributed by atoms with Gasteiger partial charge in [-0.25, -0.2) is 9.59 Å². The first-order chi connectivity index (χ1) is 11.7. The molecule has 1 aliphatic rings. The minimum absolute atomic E-state index is 0.229. The highest BCUT2D eigenvalue weighted by Gasteiger charge is 2.34. The van der Waals surface area contributed by atoms with Crippen molar-refractivity contribution in [3.8, 4) is 5.75 Å². The summed E-state index contributed by atoms with van der Waals surface area (Å²) in [5, 5.41) is 0. The summed E-state index contributed by atoms with van der Waals surface area (Å²) >= 11 is 0. The van der Waals surface area contributed by atoms with Crippen LogP contribution in [0.25, 0.3) is 6.08 Å². The molecular formula is C19H25NO5. The Kier molecular flexibility index (Phi) is 5.72. The van der Waals surface area contributed by atoms with Crippen LogP contribution >= 0.6 is 0 Å². The molecule has 0 unspecified atom stereocenters. The van der Waals surface area contributed by atoms with Crippen LogP contribution in [-0.4, -0.2) is 49.4 Å². The van der Waals surface area contributed by atoms with Crippen LogP contribution in [0.3, 0.4) is 0 Å². The monoisotopic (exact) mass is 347 g/mol. The summed E-state index contributed by atoms with van der Waals surface area (Å²) in [6.45, 7) is 10.9. The molecule has 1 aliphatic heterocycles. The minimum Gasteiger partial charge on any atom is -0.493 e. The molecule has 0 atom stereocenters. The van der Waals surface area contributed by atoms with E-state index < -0.39 is 11.6 Å². The van der Waals surface area contributed by atoms with E-state index in [9.17, 15) is 9.59 Å². The van der Waals surface area contributed by atoms with Gasteiger partial charge >= 0.3 is 12.1 Å². The molecule has 136 valence electrons. The molecular weight excluding hydrogens is 322 g/mol. The number of benzene rings is 1. The molecule has 1 aromatic rings. The lowest BCUT2D eigenvalue weighted by atomic mass is 10.0. The molecule has 1 fully saturated rings. The van der Waals surface area contributed by atoms with Crippen LogP contribution < -0.4 is 4.74 Å². The average molecular weight is 347 g/mol. The Labute approximate surface area is 148 Å². The number of carbonyl (C=O) groups is 2. The molecule has 0 bridgehead atoms. The summed E-state index contributed by atoms with van der Waals surface area (Å²) in [6.07, 6.45) is 1.37. The first kappa shape index (κ1) is 18.8. The van der Waals surface area contributed by atoms with Crippen LogP contribution in [0, 0.1) is 5.92 Å². The number of ether oxygens (including phenoxy) is 3. The van der Waals surface area contributed by atoms with Crippen LogP contribution in [-0.2, 0) is 9.47 Å². The Balaban J connectivity index is 1.89. The van der Waals surface area contributed by atoms with Crippen molar-refractivity contribution in [3.63, 3.8) is 0 Å². The van der Waals surface area contributed by atoms with Gasteiger partial charge in [0.15, 0.2) is 0 Å². The van der Waals surface area contributed by atoms with E-state index in [-0.39, 0.29) is 12.0 Å². The maximum Gasteiger partial charge on any atom is 0.410 e. The molecule has 1 aromatic carbocycles. The second-order valence-corrected chi connectivity index (χ2v) is 7.01. The zero-order valence-electron chi connectivity index (χ0n) is 15.2. The summed E-state index contributed by atoms with van der Waals surface area (Å²) in [7, 11) is 1.34. The second kappa shape index (κ2) is 7.59. The predicted octanol–water partition coefficient (Wildman–Crippen LogP) is 3.36. The second-order valence-electron chi connectivity index (χ2n) is 7.01. The van der Waals surface area contributed by atoms with Crippen molar-refractivity contribution in [1.29, 1.82) is 0 Å². The standard InChI is InChI=1S/C19H25NO5/c1-6-14-7-8-15(17(21)23-5)9-16(14)24-12-13-10-20(11-13)18(22)25-19(2,3)4/h6-9,13H,1,10-12H2,2-5H3. The molecule has 25 heavy (non-hydrogen) atoms. The van der Waals surface area contributed by atoms with Gasteiger partial charge < -0.3 is 19.1 Å². The van der Waals surface area contributed by atoms with Crippen molar-refractivity contribution >= 4 is 18.1 Å². The fourth-order valence-corrected chi connectivity index (χ4v) is 2.43. The van der Waals surface area contributed by atoms with E-state index in [1.165, 1.54) is 7.11 Å². The zero-order chi connectivity index (χ0) is 18.6. The lowest BCUT2D eigenvalue weighted by Gasteiger charge is -2.39. The van der Waals surface area contributed by atoms with Gasteiger partial charge in [-0.2, -0.15) is 0 Å². The number of amides is 1. The van der Waals surface area contributed by atoms with Crippen LogP contribution in [0.1, 0.15) is 36.7 Å². The van der Waals surface area contributed by atoms with E-state index in [1.807, 2.05) is 20.8 Å². The van der Waals surface area contributed by atoms with E-state index >= 15 is 0 Å². The van der Waals surface area contributed by atoms with Gasteiger partial charge in [0.25, 0.3) is 0 Å². The van der Waals surface area contributed by atoms with Gasteiger partial charge in [-0.05, 0) is 32.9 Å². The first-order valence-electron chi connectivity index (χ1n) is 8.19. The van der Waals surface area contributed by atoms with E-state index in [0.717, 1.165) is 5.56 Å². The van der Waals surface area contributed by atoms with Gasteiger partial charge in [-0.15, -0.1) is 0 Å². The third kappa shape index (κ3) is 4.98. The lowest BCUT2D eigenvalue weighted by molar-refractivity contribution is -0.00786. The highest BCUT2D eigenvalue weighted by molar-refractivity contribution is 5.90. The maximum atomic E-state index is 11.9. The highest BCUT2D eigenvalue weighted by atomic mass is 16.6. The van der Waals surface area contributed by atoms with Gasteiger partial charge in [0.05, 0.1) is 19.3 Å². The van der Waals surface area contributed by atoms with E-state index in [0.29, 0.717) is 31.0 Å². The fourth-order valence-electron chi connectivity index (χ4n) is 2.43. The van der Waals surface area contributed by atoms with Gasteiger partial charge in [0.2, 0.25) is 0 Å². The molecule has 0 spiro atoms. The zero-order valence-corrected chi connectivity index (χ0v) is 15.2. The fraction of sp³-hybridized carbons (Fsp3) is 0.474. The Morgan fingerprint density at radius 2 is 2.00 bits per heavy atom. The van der Waals surface area contributed by atoms with E-state index in [2.05, 4.69) is 6.58 Å². The Hall–Kier alpha value is -2.50. The summed E-state index contributed by atoms with van der Waals surface area (Å²) in [4.78, 5) is 25.2. The van der Waals surface area contributed by atoms with Gasteiger partial charge in [-0.3, -0.25) is 0 Å². The average Bonchev–Trinajstić information content (AvgIpc) is 2.50. The number of carbonyl (C=O) groups excluding carboxylic acids is 2. The first-order valence-corrected chi connectivity index (χ1v) is 8.19. The summed E-state index contributed by atoms with van der Waals surface area (Å²) in [6, 6.07) is 5.08. The van der Waals surface area contributed by atoms with Gasteiger partial charge in [0.1, 0.15) is 11.4 Å². The SMILES string of the molecule is C=Cc1ccc(C(=O)OC)cc1OCC1CN(C(=O)OC(C)(C)C)C1. The van der Waals surface area contributed by atoms with Crippen LogP contribution in [0.4, 0.5) is 4.79 Å². The topological polar surface area (TPSA) is 65.1 Å². The Bertz CT molecular complexity index is 656. The minimum atomic E-state index is -0.494. The number of hydrogen-bond donors (Lipinski definition) is 0. The molecule has 1 heterocycles. The molecule has 0 aromatic heterocycles. The molecule has 0 aliphatic carbocycles. The number of hydrogen-bond acceptors (Lipinski definition) is 5. The third-order valence-corrected chi connectivity index (χ3v) is 3.74. The normalized spacial score (nSPS) is 14.5. The van der Waals surface area contributed by atoms with Crippen molar-refractivity contribution < 1.29 is 23.8 Å². The van der Waals surface area contributed by atoms with Crippen LogP contribution in [0.5, 0.6) is 5.75 Å². The summed E-state index contributed by atoms with van der Waals surface area (Å²) in [5.41, 5.74) is 0.731. The maximum absolute atomic E-state index is 11.9.